The first-order chi connectivity index (χ1) is 21.2. The number of thioether (sulfide) groups is 1. The molecule has 0 spiro atoms. The van der Waals surface area contributed by atoms with Crippen molar-refractivity contribution in [1.82, 2.24) is 0 Å². The molecule has 2 aromatic heterocycles. The number of carboxylic acid groups (broad SMARTS) is 1. The Morgan fingerprint density at radius 1 is 1.11 bits per heavy atom. The third-order valence-corrected chi connectivity index (χ3v) is 8.03. The molecule has 10 heteroatoms. The van der Waals surface area contributed by atoms with Crippen molar-refractivity contribution in [2.75, 3.05) is 6.61 Å². The molecule has 3 N–H and O–H groups in total. The zero-order valence-electron chi connectivity index (χ0n) is 24.4. The zero-order valence-corrected chi connectivity index (χ0v) is 25.2. The quantitative estimate of drug-likeness (QED) is 0.0545. The Kier molecular flexibility index (Phi) is 11.2. The lowest BCUT2D eigenvalue weighted by atomic mass is 10.0. The molecule has 0 radical (unpaired) electrons. The number of phenols is 1. The first-order valence-electron chi connectivity index (χ1n) is 14.2. The van der Waals surface area contributed by atoms with Gasteiger partial charge in [-0.15, -0.1) is 11.8 Å². The van der Waals surface area contributed by atoms with Gasteiger partial charge in [0.05, 0.1) is 41.4 Å². The molecule has 0 amide bonds. The van der Waals surface area contributed by atoms with Crippen molar-refractivity contribution in [2.45, 2.75) is 55.8 Å². The summed E-state index contributed by atoms with van der Waals surface area (Å²) in [6, 6.07) is 10.8. The number of benzene rings is 2. The molecule has 0 saturated carbocycles. The summed E-state index contributed by atoms with van der Waals surface area (Å²) < 4.78 is 16.5. The summed E-state index contributed by atoms with van der Waals surface area (Å²) in [6.07, 6.45) is 12.4. The van der Waals surface area contributed by atoms with Gasteiger partial charge in [0, 0.05) is 22.1 Å². The number of carbonyl (C=O) groups is 2. The molecule has 0 aliphatic rings. The number of Topliss-reactive ketones (excluding diaryl/α,β-unsaturated/α-hetero) is 1. The molecule has 2 unspecified atom stereocenters. The van der Waals surface area contributed by atoms with Crippen LogP contribution in [0, 0.1) is 0 Å². The van der Waals surface area contributed by atoms with Gasteiger partial charge >= 0.3 is 5.97 Å². The number of carbonyl (C=O) groups excluding carboxylic acids is 1. The van der Waals surface area contributed by atoms with E-state index in [1.807, 2.05) is 31.2 Å². The predicted octanol–water partition coefficient (Wildman–Crippen LogP) is 7.11. The van der Waals surface area contributed by atoms with Crippen molar-refractivity contribution in [3.05, 3.63) is 112 Å². The first kappa shape index (κ1) is 32.4. The van der Waals surface area contributed by atoms with Crippen molar-refractivity contribution >= 4 is 34.5 Å². The van der Waals surface area contributed by atoms with Gasteiger partial charge in [-0.2, -0.15) is 0 Å². The topological polar surface area (TPSA) is 147 Å². The van der Waals surface area contributed by atoms with Crippen LogP contribution < -0.4 is 10.2 Å². The molecule has 0 fully saturated rings. The highest BCUT2D eigenvalue weighted by Gasteiger charge is 2.22. The van der Waals surface area contributed by atoms with Crippen LogP contribution in [0.5, 0.6) is 11.5 Å². The number of aliphatic hydroxyl groups excluding tert-OH is 1. The lowest BCUT2D eigenvalue weighted by molar-refractivity contribution is 0.0662. The fourth-order valence-electron chi connectivity index (χ4n) is 4.57. The Hall–Kier alpha value is -4.54. The highest BCUT2D eigenvalue weighted by Crippen LogP contribution is 2.35. The highest BCUT2D eigenvalue weighted by atomic mass is 32.2. The van der Waals surface area contributed by atoms with Gasteiger partial charge in [-0.3, -0.25) is 9.59 Å². The van der Waals surface area contributed by atoms with Gasteiger partial charge < -0.3 is 28.9 Å². The summed E-state index contributed by atoms with van der Waals surface area (Å²) in [4.78, 5) is 36.1. The molecule has 4 aromatic rings. The summed E-state index contributed by atoms with van der Waals surface area (Å²) >= 11 is 1.33. The number of allylic oxidation sites excluding steroid dienone is 3. The van der Waals surface area contributed by atoms with Crippen LogP contribution in [-0.2, 0) is 6.42 Å². The van der Waals surface area contributed by atoms with Crippen LogP contribution in [0.4, 0.5) is 0 Å². The number of aromatic hydroxyl groups is 1. The largest absolute Gasteiger partial charge is 0.507 e. The maximum absolute atomic E-state index is 12.3. The smallest absolute Gasteiger partial charge is 0.371 e. The maximum Gasteiger partial charge on any atom is 0.371 e. The molecule has 9 nitrogen and oxygen atoms in total. The highest BCUT2D eigenvalue weighted by molar-refractivity contribution is 8.00. The number of furan rings is 1. The van der Waals surface area contributed by atoms with Gasteiger partial charge in [-0.05, 0) is 62.6 Å². The number of carboxylic acids is 1. The van der Waals surface area contributed by atoms with E-state index in [-0.39, 0.29) is 22.5 Å². The summed E-state index contributed by atoms with van der Waals surface area (Å²) in [7, 11) is 0. The lowest BCUT2D eigenvalue weighted by Crippen LogP contribution is -2.12. The number of hydrogen-bond donors (Lipinski definition) is 3. The number of hydrogen-bond acceptors (Lipinski definition) is 9. The second-order valence-electron chi connectivity index (χ2n) is 10.1. The number of aliphatic hydroxyl groups is 1. The number of ketones is 1. The standard InChI is InChI=1S/C34H34O9S/c1-3-9-26-28(14-13-24(21(2)35)33(26)38)42-16-8-6-4-5-7-10-31(32(37)22-15-17-41-20-22)44-23-11-12-25-27(36)19-30(34(39)40)43-29(25)18-23/h4-5,7,10-15,17-20,31-32,37-38H,3,6,8-9,16H2,1-2H3,(H,39,40)/b5-4-,10-7+. The third-order valence-electron chi connectivity index (χ3n) is 6.82. The first-order valence-corrected chi connectivity index (χ1v) is 15.1. The molecule has 0 aliphatic carbocycles. The van der Waals surface area contributed by atoms with E-state index in [1.165, 1.54) is 31.2 Å². The molecular weight excluding hydrogens is 584 g/mol. The second kappa shape index (κ2) is 15.3. The Labute approximate surface area is 258 Å². The summed E-state index contributed by atoms with van der Waals surface area (Å²) in [5, 5.41) is 30.6. The number of phenolic OH excluding ortho intramolecular Hbond substituents is 1. The minimum absolute atomic E-state index is 0.00911. The normalized spacial score (nSPS) is 13.1. The minimum atomic E-state index is -1.33. The van der Waals surface area contributed by atoms with Crippen LogP contribution in [0.1, 0.15) is 71.3 Å². The minimum Gasteiger partial charge on any atom is -0.507 e. The average Bonchev–Trinajstić information content (AvgIpc) is 3.54. The summed E-state index contributed by atoms with van der Waals surface area (Å²) in [6.45, 7) is 3.85. The van der Waals surface area contributed by atoms with E-state index in [0.717, 1.165) is 25.3 Å². The Morgan fingerprint density at radius 3 is 2.64 bits per heavy atom. The van der Waals surface area contributed by atoms with E-state index in [9.17, 15) is 29.7 Å². The fraction of sp³-hybridized carbons (Fsp3) is 0.265. The van der Waals surface area contributed by atoms with E-state index in [1.54, 1.807) is 36.4 Å². The number of aromatic carboxylic acids is 1. The SMILES string of the molecule is CCCc1c(OCCC/C=C\C=C\C(Sc2ccc3c(=O)cc(C(=O)O)oc3c2)C(O)c2ccoc2)ccc(C(C)=O)c1O. The van der Waals surface area contributed by atoms with Crippen molar-refractivity contribution in [3.8, 4) is 11.5 Å². The molecule has 0 bridgehead atoms. The monoisotopic (exact) mass is 618 g/mol. The molecule has 44 heavy (non-hydrogen) atoms. The van der Waals surface area contributed by atoms with E-state index < -0.39 is 28.5 Å². The molecule has 0 saturated heterocycles. The van der Waals surface area contributed by atoms with E-state index >= 15 is 0 Å². The molecule has 2 heterocycles. The summed E-state index contributed by atoms with van der Waals surface area (Å²) in [5.41, 5.74) is 1.24. The van der Waals surface area contributed by atoms with Crippen LogP contribution >= 0.6 is 11.8 Å². The van der Waals surface area contributed by atoms with E-state index in [0.29, 0.717) is 40.4 Å². The van der Waals surface area contributed by atoms with Gasteiger partial charge in [0.15, 0.2) is 11.2 Å². The number of unbranched alkanes of at least 4 members (excludes halogenated alkanes) is 1. The summed E-state index contributed by atoms with van der Waals surface area (Å²) in [5.74, 6) is -1.40. The van der Waals surface area contributed by atoms with Gasteiger partial charge in [-0.1, -0.05) is 37.6 Å². The Bertz CT molecular complexity index is 1720. The third kappa shape index (κ3) is 8.09. The molecule has 4 rings (SSSR count). The van der Waals surface area contributed by atoms with E-state index in [4.69, 9.17) is 13.6 Å². The van der Waals surface area contributed by atoms with Gasteiger partial charge in [0.1, 0.15) is 17.1 Å². The van der Waals surface area contributed by atoms with Crippen LogP contribution in [0.15, 0.2) is 97.8 Å². The lowest BCUT2D eigenvalue weighted by Gasteiger charge is -2.18. The zero-order chi connectivity index (χ0) is 31.6. The van der Waals surface area contributed by atoms with Gasteiger partial charge in [0.2, 0.25) is 5.76 Å². The molecule has 2 atom stereocenters. The van der Waals surface area contributed by atoms with Crippen molar-refractivity contribution in [1.29, 1.82) is 0 Å². The van der Waals surface area contributed by atoms with Crippen molar-refractivity contribution in [3.63, 3.8) is 0 Å². The fourth-order valence-corrected chi connectivity index (χ4v) is 5.66. The number of fused-ring (bicyclic) bond motifs is 1. The van der Waals surface area contributed by atoms with Gasteiger partial charge in [-0.25, -0.2) is 4.79 Å². The van der Waals surface area contributed by atoms with Crippen molar-refractivity contribution in [2.24, 2.45) is 0 Å². The number of ether oxygens (including phenoxy) is 1. The Balaban J connectivity index is 1.40. The van der Waals surface area contributed by atoms with Crippen LogP contribution in [0.3, 0.4) is 0 Å². The van der Waals surface area contributed by atoms with Crippen LogP contribution in [0.2, 0.25) is 0 Å². The van der Waals surface area contributed by atoms with Gasteiger partial charge in [0.25, 0.3) is 0 Å². The Morgan fingerprint density at radius 2 is 1.93 bits per heavy atom. The number of rotatable bonds is 15. The predicted molar refractivity (Wildman–Crippen MR) is 168 cm³/mol. The van der Waals surface area contributed by atoms with E-state index in [2.05, 4.69) is 0 Å². The average molecular weight is 619 g/mol. The van der Waals surface area contributed by atoms with Crippen LogP contribution in [0.25, 0.3) is 11.0 Å². The molecular formula is C34H34O9S. The molecule has 0 aliphatic heterocycles. The van der Waals surface area contributed by atoms with Crippen LogP contribution in [-0.4, -0.2) is 38.9 Å². The molecule has 230 valence electrons. The second-order valence-corrected chi connectivity index (χ2v) is 11.3. The van der Waals surface area contributed by atoms with Crippen molar-refractivity contribution < 1.29 is 38.5 Å². The molecule has 2 aromatic carbocycles. The maximum atomic E-state index is 12.3.